The minimum Gasteiger partial charge on any atom is -0.481 e. The average Bonchev–Trinajstić information content (AvgIpc) is 2.44. The van der Waals surface area contributed by atoms with Crippen LogP contribution in [0.5, 0.6) is 0 Å². The molecule has 2 aromatic rings. The zero-order chi connectivity index (χ0) is 14.4. The molecule has 0 aliphatic rings. The van der Waals surface area contributed by atoms with E-state index in [2.05, 4.69) is 20.3 Å². The number of aryl methyl sites for hydroxylation is 1. The monoisotopic (exact) mass is 272 g/mol. The molecule has 0 atom stereocenters. The van der Waals surface area contributed by atoms with Gasteiger partial charge in [-0.1, -0.05) is 0 Å². The Morgan fingerprint density at radius 3 is 2.75 bits per heavy atom. The first kappa shape index (κ1) is 13.9. The number of nitrogens with zero attached hydrogens (tertiary/aromatic N) is 3. The van der Waals surface area contributed by atoms with Crippen molar-refractivity contribution in [2.24, 2.45) is 0 Å². The maximum Gasteiger partial charge on any atom is 0.303 e. The van der Waals surface area contributed by atoms with Gasteiger partial charge in [-0.2, -0.15) is 0 Å². The van der Waals surface area contributed by atoms with Crippen molar-refractivity contribution in [1.29, 1.82) is 0 Å². The molecule has 0 bridgehead atoms. The number of aliphatic carboxylic acids is 1. The number of carboxylic acids is 1. The maximum atomic E-state index is 10.4. The van der Waals surface area contributed by atoms with Gasteiger partial charge in [-0.3, -0.25) is 9.78 Å². The highest BCUT2D eigenvalue weighted by atomic mass is 16.4. The summed E-state index contributed by atoms with van der Waals surface area (Å²) in [4.78, 5) is 23.2. The Hall–Kier alpha value is -2.50. The van der Waals surface area contributed by atoms with Crippen LogP contribution in [0, 0.1) is 6.92 Å². The average molecular weight is 272 g/mol. The minimum atomic E-state index is -0.789. The number of rotatable bonds is 6. The van der Waals surface area contributed by atoms with Crippen LogP contribution in [0.1, 0.15) is 18.5 Å². The number of anilines is 1. The van der Waals surface area contributed by atoms with Gasteiger partial charge in [0, 0.05) is 42.7 Å². The van der Waals surface area contributed by atoms with Crippen LogP contribution >= 0.6 is 0 Å². The largest absolute Gasteiger partial charge is 0.481 e. The normalized spacial score (nSPS) is 10.2. The molecule has 0 saturated carbocycles. The molecule has 2 rings (SSSR count). The first-order chi connectivity index (χ1) is 9.65. The van der Waals surface area contributed by atoms with Gasteiger partial charge < -0.3 is 10.4 Å². The smallest absolute Gasteiger partial charge is 0.303 e. The summed E-state index contributed by atoms with van der Waals surface area (Å²) in [5, 5.41) is 11.7. The van der Waals surface area contributed by atoms with Gasteiger partial charge in [0.25, 0.3) is 0 Å². The van der Waals surface area contributed by atoms with Crippen molar-refractivity contribution in [3.05, 3.63) is 36.3 Å². The van der Waals surface area contributed by atoms with Crippen LogP contribution < -0.4 is 5.32 Å². The topological polar surface area (TPSA) is 88.0 Å². The summed E-state index contributed by atoms with van der Waals surface area (Å²) in [7, 11) is 0. The predicted molar refractivity (Wildman–Crippen MR) is 75.4 cm³/mol. The van der Waals surface area contributed by atoms with E-state index in [1.807, 2.05) is 25.1 Å². The number of aromatic nitrogens is 3. The van der Waals surface area contributed by atoms with Crippen molar-refractivity contribution in [2.75, 3.05) is 11.9 Å². The molecule has 2 aromatic heterocycles. The molecule has 2 heterocycles. The molecule has 104 valence electrons. The summed E-state index contributed by atoms with van der Waals surface area (Å²) < 4.78 is 0. The van der Waals surface area contributed by atoms with Crippen molar-refractivity contribution in [1.82, 2.24) is 15.0 Å². The fourth-order valence-corrected chi connectivity index (χ4v) is 1.75. The quantitative estimate of drug-likeness (QED) is 0.783. The molecule has 0 spiro atoms. The third kappa shape index (κ3) is 4.01. The molecular formula is C14H16N4O2. The van der Waals surface area contributed by atoms with E-state index in [1.165, 1.54) is 0 Å². The number of pyridine rings is 1. The number of nitrogens with one attached hydrogen (secondary N) is 1. The van der Waals surface area contributed by atoms with Gasteiger partial charge in [-0.15, -0.1) is 0 Å². The van der Waals surface area contributed by atoms with E-state index in [9.17, 15) is 4.79 Å². The summed E-state index contributed by atoms with van der Waals surface area (Å²) in [6, 6.07) is 5.54. The van der Waals surface area contributed by atoms with Crippen LogP contribution in [0.25, 0.3) is 11.4 Å². The Morgan fingerprint density at radius 2 is 2.05 bits per heavy atom. The van der Waals surface area contributed by atoms with E-state index in [0.717, 1.165) is 11.3 Å². The van der Waals surface area contributed by atoms with E-state index in [-0.39, 0.29) is 6.42 Å². The molecule has 20 heavy (non-hydrogen) atoms. The molecule has 0 amide bonds. The molecule has 0 saturated heterocycles. The van der Waals surface area contributed by atoms with Gasteiger partial charge in [0.1, 0.15) is 5.82 Å². The second-order valence-electron chi connectivity index (χ2n) is 4.38. The van der Waals surface area contributed by atoms with E-state index >= 15 is 0 Å². The first-order valence-electron chi connectivity index (χ1n) is 6.37. The molecule has 6 nitrogen and oxygen atoms in total. The third-order valence-electron chi connectivity index (χ3n) is 2.67. The van der Waals surface area contributed by atoms with E-state index < -0.39 is 5.97 Å². The summed E-state index contributed by atoms with van der Waals surface area (Å²) >= 11 is 0. The molecule has 0 radical (unpaired) electrons. The second kappa shape index (κ2) is 6.60. The highest BCUT2D eigenvalue weighted by Crippen LogP contribution is 2.16. The summed E-state index contributed by atoms with van der Waals surface area (Å²) in [5.74, 6) is 0.547. The molecule has 0 fully saturated rings. The SMILES string of the molecule is Cc1cc(NCCCC(=O)O)nc(-c2ccncc2)n1. The molecule has 0 aliphatic carbocycles. The summed E-state index contributed by atoms with van der Waals surface area (Å²) in [5.41, 5.74) is 1.75. The van der Waals surface area contributed by atoms with E-state index in [4.69, 9.17) is 5.11 Å². The Labute approximate surface area is 116 Å². The van der Waals surface area contributed by atoms with Crippen LogP contribution in [-0.2, 0) is 4.79 Å². The lowest BCUT2D eigenvalue weighted by atomic mass is 10.2. The lowest BCUT2D eigenvalue weighted by Crippen LogP contribution is -2.07. The lowest BCUT2D eigenvalue weighted by molar-refractivity contribution is -0.137. The Kier molecular flexibility index (Phi) is 4.60. The van der Waals surface area contributed by atoms with Crippen molar-refractivity contribution in [3.8, 4) is 11.4 Å². The highest BCUT2D eigenvalue weighted by Gasteiger charge is 2.05. The van der Waals surface area contributed by atoms with Crippen molar-refractivity contribution in [3.63, 3.8) is 0 Å². The third-order valence-corrected chi connectivity index (χ3v) is 2.67. The van der Waals surface area contributed by atoms with E-state index in [1.54, 1.807) is 12.4 Å². The molecule has 2 N–H and O–H groups in total. The van der Waals surface area contributed by atoms with Crippen LogP contribution in [0.4, 0.5) is 5.82 Å². The first-order valence-corrected chi connectivity index (χ1v) is 6.37. The Balaban J connectivity index is 2.07. The summed E-state index contributed by atoms with van der Waals surface area (Å²) in [6.45, 7) is 2.47. The fraction of sp³-hybridized carbons (Fsp3) is 0.286. The minimum absolute atomic E-state index is 0.147. The lowest BCUT2D eigenvalue weighted by Gasteiger charge is -2.08. The highest BCUT2D eigenvalue weighted by molar-refractivity contribution is 5.66. The van der Waals surface area contributed by atoms with Crippen LogP contribution in [0.2, 0.25) is 0 Å². The van der Waals surface area contributed by atoms with E-state index in [0.29, 0.717) is 24.6 Å². The Morgan fingerprint density at radius 1 is 1.30 bits per heavy atom. The fourth-order valence-electron chi connectivity index (χ4n) is 1.75. The molecule has 0 aromatic carbocycles. The van der Waals surface area contributed by atoms with Gasteiger partial charge in [0.05, 0.1) is 0 Å². The molecular weight excluding hydrogens is 256 g/mol. The van der Waals surface area contributed by atoms with Crippen LogP contribution in [-0.4, -0.2) is 32.6 Å². The predicted octanol–water partition coefficient (Wildman–Crippen LogP) is 2.12. The van der Waals surface area contributed by atoms with Gasteiger partial charge in [-0.05, 0) is 25.5 Å². The van der Waals surface area contributed by atoms with Crippen LogP contribution in [0.15, 0.2) is 30.6 Å². The summed E-state index contributed by atoms with van der Waals surface area (Å²) in [6.07, 6.45) is 4.10. The van der Waals surface area contributed by atoms with Gasteiger partial charge in [-0.25, -0.2) is 9.97 Å². The molecule has 6 heteroatoms. The standard InChI is InChI=1S/C14H16N4O2/c1-10-9-12(16-6-2-3-13(19)20)18-14(17-10)11-4-7-15-8-5-11/h4-5,7-9H,2-3,6H2,1H3,(H,19,20)(H,16,17,18). The van der Waals surface area contributed by atoms with Crippen molar-refractivity contribution in [2.45, 2.75) is 19.8 Å². The zero-order valence-electron chi connectivity index (χ0n) is 11.2. The van der Waals surface area contributed by atoms with Gasteiger partial charge >= 0.3 is 5.97 Å². The zero-order valence-corrected chi connectivity index (χ0v) is 11.2. The Bertz CT molecular complexity index is 587. The van der Waals surface area contributed by atoms with Gasteiger partial charge in [0.15, 0.2) is 5.82 Å². The number of carbonyl (C=O) groups is 1. The maximum absolute atomic E-state index is 10.4. The van der Waals surface area contributed by atoms with Crippen molar-refractivity contribution < 1.29 is 9.90 Å². The molecule has 0 aliphatic heterocycles. The molecule has 0 unspecified atom stereocenters. The number of hydrogen-bond donors (Lipinski definition) is 2. The number of hydrogen-bond acceptors (Lipinski definition) is 5. The second-order valence-corrected chi connectivity index (χ2v) is 4.38. The van der Waals surface area contributed by atoms with Crippen molar-refractivity contribution >= 4 is 11.8 Å². The number of carboxylic acid groups (broad SMARTS) is 1. The van der Waals surface area contributed by atoms with Crippen LogP contribution in [0.3, 0.4) is 0 Å². The van der Waals surface area contributed by atoms with Gasteiger partial charge in [0.2, 0.25) is 0 Å².